The summed E-state index contributed by atoms with van der Waals surface area (Å²) in [6.45, 7) is 11.1. The lowest BCUT2D eigenvalue weighted by molar-refractivity contribution is 0.0672. The molecule has 156 valence electrons. The fraction of sp³-hybridized carbons (Fsp3) is 0.292. The Hall–Kier alpha value is -3.25. The molecule has 3 rings (SSSR count). The van der Waals surface area contributed by atoms with Gasteiger partial charge in [-0.3, -0.25) is 24.2 Å². The number of amides is 3. The second-order valence-corrected chi connectivity index (χ2v) is 7.18. The first-order valence-corrected chi connectivity index (χ1v) is 10.2. The average Bonchev–Trinajstić information content (AvgIpc) is 3.01. The molecular weight excluding hydrogens is 378 g/mol. The zero-order valence-electron chi connectivity index (χ0n) is 17.5. The summed E-state index contributed by atoms with van der Waals surface area (Å²) in [7, 11) is 0. The van der Waals surface area contributed by atoms with Gasteiger partial charge in [0.25, 0.3) is 17.7 Å². The fourth-order valence-electron chi connectivity index (χ4n) is 3.58. The van der Waals surface area contributed by atoms with Crippen LogP contribution in [0.2, 0.25) is 0 Å². The van der Waals surface area contributed by atoms with E-state index in [1.807, 2.05) is 18.2 Å². The molecule has 1 N–H and O–H groups in total. The number of hydrogen-bond donors (Lipinski definition) is 1. The Labute approximate surface area is 177 Å². The van der Waals surface area contributed by atoms with Crippen LogP contribution in [-0.4, -0.2) is 47.2 Å². The first-order valence-electron chi connectivity index (χ1n) is 10.2. The van der Waals surface area contributed by atoms with Crippen molar-refractivity contribution in [2.75, 3.05) is 19.6 Å². The van der Waals surface area contributed by atoms with Crippen molar-refractivity contribution >= 4 is 17.7 Å². The monoisotopic (exact) mass is 405 g/mol. The van der Waals surface area contributed by atoms with Crippen LogP contribution in [0.15, 0.2) is 55.1 Å². The van der Waals surface area contributed by atoms with Crippen LogP contribution in [0.25, 0.3) is 0 Å². The first-order chi connectivity index (χ1) is 14.5. The van der Waals surface area contributed by atoms with E-state index in [1.54, 1.807) is 12.1 Å². The minimum atomic E-state index is -0.394. The van der Waals surface area contributed by atoms with Crippen LogP contribution in [0.1, 0.15) is 56.0 Å². The predicted molar refractivity (Wildman–Crippen MR) is 116 cm³/mol. The largest absolute Gasteiger partial charge is 0.348 e. The third-order valence-corrected chi connectivity index (χ3v) is 5.39. The van der Waals surface area contributed by atoms with Gasteiger partial charge in [-0.05, 0) is 42.4 Å². The maximum atomic E-state index is 12.7. The topological polar surface area (TPSA) is 69.7 Å². The Morgan fingerprint density at radius 1 is 1.03 bits per heavy atom. The molecule has 0 unspecified atom stereocenters. The van der Waals surface area contributed by atoms with Crippen molar-refractivity contribution in [3.63, 3.8) is 0 Å². The van der Waals surface area contributed by atoms with Crippen LogP contribution in [0, 0.1) is 0 Å². The van der Waals surface area contributed by atoms with E-state index >= 15 is 0 Å². The summed E-state index contributed by atoms with van der Waals surface area (Å²) in [5, 5.41) is 2.94. The molecule has 6 heteroatoms. The third kappa shape index (κ3) is 4.33. The Morgan fingerprint density at radius 3 is 2.37 bits per heavy atom. The molecule has 0 saturated carbocycles. The number of fused-ring (bicyclic) bond motifs is 1. The molecule has 0 aromatic heterocycles. The summed E-state index contributed by atoms with van der Waals surface area (Å²) in [5.41, 5.74) is 3.18. The van der Waals surface area contributed by atoms with Gasteiger partial charge in [-0.25, -0.2) is 0 Å². The standard InChI is InChI=1S/C24H27N3O3/c1-4-13-27-23(29)20-12-11-17(14-21(20)24(27)30)22(28)25-15-18-9-7-8-10-19(18)16-26(5-2)6-3/h4,7-12,14H,1,5-6,13,15-16H2,2-3H3,(H,25,28). The molecule has 0 bridgehead atoms. The molecule has 1 aliphatic rings. The van der Waals surface area contributed by atoms with Gasteiger partial charge in [0, 0.05) is 25.2 Å². The summed E-state index contributed by atoms with van der Waals surface area (Å²) in [6, 6.07) is 12.7. The van der Waals surface area contributed by atoms with Gasteiger partial charge in [0.05, 0.1) is 11.1 Å². The van der Waals surface area contributed by atoms with Gasteiger partial charge < -0.3 is 5.32 Å². The lowest BCUT2D eigenvalue weighted by Crippen LogP contribution is -2.29. The lowest BCUT2D eigenvalue weighted by atomic mass is 10.0. The van der Waals surface area contributed by atoms with Crippen molar-refractivity contribution in [1.82, 2.24) is 15.1 Å². The van der Waals surface area contributed by atoms with Crippen molar-refractivity contribution in [2.24, 2.45) is 0 Å². The molecule has 6 nitrogen and oxygen atoms in total. The number of carbonyl (C=O) groups excluding carboxylic acids is 3. The van der Waals surface area contributed by atoms with Crippen LogP contribution in [0.3, 0.4) is 0 Å². The Kier molecular flexibility index (Phi) is 6.79. The lowest BCUT2D eigenvalue weighted by Gasteiger charge is -2.20. The molecule has 0 radical (unpaired) electrons. The van der Waals surface area contributed by atoms with Crippen molar-refractivity contribution < 1.29 is 14.4 Å². The second kappa shape index (κ2) is 9.50. The molecule has 3 amide bonds. The number of carbonyl (C=O) groups is 3. The molecule has 2 aromatic rings. The van der Waals surface area contributed by atoms with Crippen molar-refractivity contribution in [3.05, 3.63) is 82.9 Å². The summed E-state index contributed by atoms with van der Waals surface area (Å²) in [6.07, 6.45) is 1.50. The van der Waals surface area contributed by atoms with Gasteiger partial charge in [0.1, 0.15) is 0 Å². The van der Waals surface area contributed by atoms with Gasteiger partial charge in [0.2, 0.25) is 0 Å². The Balaban J connectivity index is 1.73. The highest BCUT2D eigenvalue weighted by atomic mass is 16.2. The molecule has 30 heavy (non-hydrogen) atoms. The van der Waals surface area contributed by atoms with E-state index in [-0.39, 0.29) is 23.9 Å². The van der Waals surface area contributed by atoms with Crippen LogP contribution >= 0.6 is 0 Å². The van der Waals surface area contributed by atoms with Gasteiger partial charge in [-0.2, -0.15) is 0 Å². The smallest absolute Gasteiger partial charge is 0.261 e. The van der Waals surface area contributed by atoms with E-state index in [4.69, 9.17) is 0 Å². The normalized spacial score (nSPS) is 13.0. The van der Waals surface area contributed by atoms with Gasteiger partial charge >= 0.3 is 0 Å². The molecule has 1 aliphatic heterocycles. The second-order valence-electron chi connectivity index (χ2n) is 7.18. The highest BCUT2D eigenvalue weighted by Crippen LogP contribution is 2.24. The van der Waals surface area contributed by atoms with E-state index in [0.29, 0.717) is 17.7 Å². The molecular formula is C24H27N3O3. The fourth-order valence-corrected chi connectivity index (χ4v) is 3.58. The van der Waals surface area contributed by atoms with Crippen molar-refractivity contribution in [2.45, 2.75) is 26.9 Å². The number of nitrogens with zero attached hydrogens (tertiary/aromatic N) is 2. The summed E-state index contributed by atoms with van der Waals surface area (Å²) < 4.78 is 0. The number of imide groups is 1. The molecule has 2 aromatic carbocycles. The van der Waals surface area contributed by atoms with Gasteiger partial charge in [0.15, 0.2) is 0 Å². The number of benzene rings is 2. The zero-order valence-corrected chi connectivity index (χ0v) is 17.5. The molecule has 0 atom stereocenters. The van der Waals surface area contributed by atoms with Crippen molar-refractivity contribution in [1.29, 1.82) is 0 Å². The van der Waals surface area contributed by atoms with Crippen LogP contribution in [0.5, 0.6) is 0 Å². The zero-order chi connectivity index (χ0) is 21.7. The van der Waals surface area contributed by atoms with E-state index in [2.05, 4.69) is 36.7 Å². The van der Waals surface area contributed by atoms with Gasteiger partial charge in [-0.15, -0.1) is 6.58 Å². The molecule has 0 aliphatic carbocycles. The summed E-state index contributed by atoms with van der Waals surface area (Å²) >= 11 is 0. The maximum absolute atomic E-state index is 12.7. The number of hydrogen-bond acceptors (Lipinski definition) is 4. The first kappa shape index (κ1) is 21.5. The molecule has 1 heterocycles. The minimum Gasteiger partial charge on any atom is -0.348 e. The number of nitrogens with one attached hydrogen (secondary N) is 1. The summed E-state index contributed by atoms with van der Waals surface area (Å²) in [4.78, 5) is 41.0. The van der Waals surface area contributed by atoms with Crippen LogP contribution in [0.4, 0.5) is 0 Å². The molecule has 0 saturated heterocycles. The highest BCUT2D eigenvalue weighted by molar-refractivity contribution is 6.22. The molecule has 0 spiro atoms. The average molecular weight is 405 g/mol. The Morgan fingerprint density at radius 2 is 1.70 bits per heavy atom. The molecule has 0 fully saturated rings. The highest BCUT2D eigenvalue weighted by Gasteiger charge is 2.35. The van der Waals surface area contributed by atoms with E-state index in [1.165, 1.54) is 17.7 Å². The summed E-state index contributed by atoms with van der Waals surface area (Å²) in [5.74, 6) is -1.03. The van der Waals surface area contributed by atoms with E-state index in [9.17, 15) is 14.4 Å². The Bertz CT molecular complexity index is 979. The van der Waals surface area contributed by atoms with Gasteiger partial charge in [-0.1, -0.05) is 44.2 Å². The third-order valence-electron chi connectivity index (χ3n) is 5.39. The van der Waals surface area contributed by atoms with Crippen molar-refractivity contribution in [3.8, 4) is 0 Å². The van der Waals surface area contributed by atoms with Crippen LogP contribution in [-0.2, 0) is 13.1 Å². The minimum absolute atomic E-state index is 0.150. The SMILES string of the molecule is C=CCN1C(=O)c2ccc(C(=O)NCc3ccccc3CN(CC)CC)cc2C1=O. The van der Waals surface area contributed by atoms with E-state index in [0.717, 1.165) is 30.1 Å². The maximum Gasteiger partial charge on any atom is 0.261 e. The predicted octanol–water partition coefficient (Wildman–Crippen LogP) is 3.24. The number of rotatable bonds is 9. The van der Waals surface area contributed by atoms with E-state index < -0.39 is 5.91 Å². The quantitative estimate of drug-likeness (QED) is 0.514. The van der Waals surface area contributed by atoms with Crippen LogP contribution < -0.4 is 5.32 Å².